The van der Waals surface area contributed by atoms with Gasteiger partial charge < -0.3 is 0 Å². The van der Waals surface area contributed by atoms with Crippen molar-refractivity contribution in [1.29, 1.82) is 0 Å². The summed E-state index contributed by atoms with van der Waals surface area (Å²) in [6, 6.07) is 43.4. The Kier molecular flexibility index (Phi) is 5.24. The lowest BCUT2D eigenvalue weighted by molar-refractivity contribution is 0.953. The summed E-state index contributed by atoms with van der Waals surface area (Å²) >= 11 is 1.72. The van der Waals surface area contributed by atoms with Crippen LogP contribution < -0.4 is 0 Å². The van der Waals surface area contributed by atoms with E-state index in [0.717, 1.165) is 49.0 Å². The van der Waals surface area contributed by atoms with Crippen molar-refractivity contribution >= 4 is 43.4 Å². The lowest BCUT2D eigenvalue weighted by atomic mass is 10.1. The Morgan fingerprint density at radius 3 is 1.82 bits per heavy atom. The minimum absolute atomic E-state index is 0.589. The number of para-hydroxylation sites is 2. The zero-order chi connectivity index (χ0) is 26.5. The zero-order valence-corrected chi connectivity index (χ0v) is 22.1. The molecule has 0 aliphatic heterocycles. The van der Waals surface area contributed by atoms with E-state index in [-0.39, 0.29) is 0 Å². The van der Waals surface area contributed by atoms with E-state index in [1.165, 1.54) is 4.70 Å². The number of thiazole rings is 1. The summed E-state index contributed by atoms with van der Waals surface area (Å²) in [6.07, 6.45) is 0. The fourth-order valence-electron chi connectivity index (χ4n) is 5.21. The number of rotatable bonds is 4. The highest BCUT2D eigenvalue weighted by atomic mass is 32.1. The molecule has 5 aromatic carbocycles. The maximum atomic E-state index is 5.01. The van der Waals surface area contributed by atoms with Crippen molar-refractivity contribution in [2.24, 2.45) is 0 Å². The quantitative estimate of drug-likeness (QED) is 0.228. The first-order valence-electron chi connectivity index (χ1n) is 13.1. The van der Waals surface area contributed by atoms with E-state index in [0.29, 0.717) is 17.6 Å². The van der Waals surface area contributed by atoms with Gasteiger partial charge in [-0.05, 0) is 36.4 Å². The third kappa shape index (κ3) is 3.77. The van der Waals surface area contributed by atoms with Crippen LogP contribution in [0.25, 0.3) is 71.3 Å². The second kappa shape index (κ2) is 9.22. The smallest absolute Gasteiger partial charge is 0.238 e. The minimum atomic E-state index is 0.589. The molecular formula is C34H21N5S. The number of benzene rings is 5. The van der Waals surface area contributed by atoms with Crippen molar-refractivity contribution in [2.75, 3.05) is 0 Å². The van der Waals surface area contributed by atoms with E-state index in [4.69, 9.17) is 19.9 Å². The predicted molar refractivity (Wildman–Crippen MR) is 164 cm³/mol. The van der Waals surface area contributed by atoms with Gasteiger partial charge in [0.1, 0.15) is 5.01 Å². The van der Waals surface area contributed by atoms with Gasteiger partial charge in [0.2, 0.25) is 5.95 Å². The van der Waals surface area contributed by atoms with Crippen molar-refractivity contribution in [2.45, 2.75) is 0 Å². The maximum absolute atomic E-state index is 5.01. The van der Waals surface area contributed by atoms with Crippen LogP contribution in [-0.4, -0.2) is 24.5 Å². The SMILES string of the molecule is c1ccc(-c2nc(-c3ccccc3)nc(-n3c4ccccc4c4cc(-c5nc6ccccc6s5)ccc43)n2)cc1. The third-order valence-corrected chi connectivity index (χ3v) is 8.19. The Labute approximate surface area is 234 Å². The van der Waals surface area contributed by atoms with Crippen LogP contribution in [0.4, 0.5) is 0 Å². The van der Waals surface area contributed by atoms with Crippen LogP contribution in [0.3, 0.4) is 0 Å². The molecule has 0 atom stereocenters. The molecule has 0 bridgehead atoms. The molecule has 0 unspecified atom stereocenters. The second-order valence-electron chi connectivity index (χ2n) is 9.59. The standard InChI is InChI=1S/C34H21N5S/c1-3-11-22(12-4-1)31-36-32(23-13-5-2-6-14-23)38-34(37-31)39-28-17-9-7-15-25(28)26-21-24(19-20-29(26)39)33-35-27-16-8-10-18-30(27)40-33/h1-21H. The van der Waals surface area contributed by atoms with E-state index >= 15 is 0 Å². The topological polar surface area (TPSA) is 56.5 Å². The van der Waals surface area contributed by atoms with E-state index < -0.39 is 0 Å². The summed E-state index contributed by atoms with van der Waals surface area (Å²) in [7, 11) is 0. The Hall–Kier alpha value is -5.20. The van der Waals surface area contributed by atoms with Gasteiger partial charge in [-0.2, -0.15) is 9.97 Å². The van der Waals surface area contributed by atoms with Crippen LogP contribution >= 0.6 is 11.3 Å². The van der Waals surface area contributed by atoms with Crippen LogP contribution in [0.2, 0.25) is 0 Å². The van der Waals surface area contributed by atoms with Gasteiger partial charge in [0, 0.05) is 27.5 Å². The Morgan fingerprint density at radius 1 is 0.475 bits per heavy atom. The molecule has 0 saturated heterocycles. The molecule has 0 aliphatic carbocycles. The monoisotopic (exact) mass is 531 g/mol. The number of nitrogens with zero attached hydrogens (tertiary/aromatic N) is 5. The first-order valence-corrected chi connectivity index (χ1v) is 13.9. The molecule has 3 heterocycles. The summed E-state index contributed by atoms with van der Waals surface area (Å²) < 4.78 is 3.33. The fraction of sp³-hybridized carbons (Fsp3) is 0. The van der Waals surface area contributed by atoms with Gasteiger partial charge in [-0.3, -0.25) is 4.57 Å². The number of hydrogen-bond acceptors (Lipinski definition) is 5. The summed E-state index contributed by atoms with van der Waals surface area (Å²) in [5.74, 6) is 1.87. The largest absolute Gasteiger partial charge is 0.278 e. The lowest BCUT2D eigenvalue weighted by Gasteiger charge is -2.11. The average Bonchev–Trinajstić information content (AvgIpc) is 3.61. The van der Waals surface area contributed by atoms with Crippen molar-refractivity contribution in [3.63, 3.8) is 0 Å². The van der Waals surface area contributed by atoms with Crippen LogP contribution in [0, 0.1) is 0 Å². The Balaban J connectivity index is 1.38. The van der Waals surface area contributed by atoms with Crippen LogP contribution in [0.15, 0.2) is 127 Å². The van der Waals surface area contributed by atoms with Crippen molar-refractivity contribution in [3.8, 4) is 39.3 Å². The average molecular weight is 532 g/mol. The second-order valence-corrected chi connectivity index (χ2v) is 10.6. The third-order valence-electron chi connectivity index (χ3n) is 7.10. The van der Waals surface area contributed by atoms with Gasteiger partial charge in [-0.1, -0.05) is 91.0 Å². The molecule has 8 aromatic rings. The summed E-state index contributed by atoms with van der Waals surface area (Å²) in [5, 5.41) is 3.29. The molecule has 188 valence electrons. The minimum Gasteiger partial charge on any atom is -0.278 e. The van der Waals surface area contributed by atoms with Crippen molar-refractivity contribution < 1.29 is 0 Å². The van der Waals surface area contributed by atoms with Gasteiger partial charge >= 0.3 is 0 Å². The predicted octanol–water partition coefficient (Wildman–Crippen LogP) is 8.58. The summed E-state index contributed by atoms with van der Waals surface area (Å²) in [4.78, 5) is 19.8. The van der Waals surface area contributed by atoms with Gasteiger partial charge in [-0.25, -0.2) is 9.97 Å². The molecule has 40 heavy (non-hydrogen) atoms. The maximum Gasteiger partial charge on any atom is 0.238 e. The first-order chi connectivity index (χ1) is 19.8. The molecule has 0 fully saturated rings. The summed E-state index contributed by atoms with van der Waals surface area (Å²) in [5.41, 5.74) is 6.10. The van der Waals surface area contributed by atoms with Crippen LogP contribution in [0.1, 0.15) is 0 Å². The fourth-order valence-corrected chi connectivity index (χ4v) is 6.18. The van der Waals surface area contributed by atoms with E-state index in [1.807, 2.05) is 66.7 Å². The molecule has 0 radical (unpaired) electrons. The van der Waals surface area contributed by atoms with E-state index in [9.17, 15) is 0 Å². The molecule has 8 rings (SSSR count). The number of aromatic nitrogens is 5. The molecule has 6 heteroatoms. The number of hydrogen-bond donors (Lipinski definition) is 0. The lowest BCUT2D eigenvalue weighted by Crippen LogP contribution is -2.06. The van der Waals surface area contributed by atoms with Crippen molar-refractivity contribution in [1.82, 2.24) is 24.5 Å². The Morgan fingerprint density at radius 2 is 1.10 bits per heavy atom. The highest BCUT2D eigenvalue weighted by Gasteiger charge is 2.18. The molecule has 0 saturated carbocycles. The number of fused-ring (bicyclic) bond motifs is 4. The Bertz CT molecular complexity index is 2070. The van der Waals surface area contributed by atoms with Gasteiger partial charge in [0.15, 0.2) is 11.6 Å². The van der Waals surface area contributed by atoms with Gasteiger partial charge in [-0.15, -0.1) is 11.3 Å². The highest BCUT2D eigenvalue weighted by Crippen LogP contribution is 2.37. The van der Waals surface area contributed by atoms with Crippen LogP contribution in [-0.2, 0) is 0 Å². The first kappa shape index (κ1) is 22.8. The van der Waals surface area contributed by atoms with Gasteiger partial charge in [0.25, 0.3) is 0 Å². The molecule has 3 aromatic heterocycles. The molecular weight excluding hydrogens is 510 g/mol. The van der Waals surface area contributed by atoms with E-state index in [1.54, 1.807) is 11.3 Å². The van der Waals surface area contributed by atoms with Gasteiger partial charge in [0.05, 0.1) is 21.3 Å². The highest BCUT2D eigenvalue weighted by molar-refractivity contribution is 7.21. The summed E-state index contributed by atoms with van der Waals surface area (Å²) in [6.45, 7) is 0. The van der Waals surface area contributed by atoms with Crippen LogP contribution in [0.5, 0.6) is 0 Å². The molecule has 0 amide bonds. The van der Waals surface area contributed by atoms with Crippen molar-refractivity contribution in [3.05, 3.63) is 127 Å². The van der Waals surface area contributed by atoms with E-state index in [2.05, 4.69) is 65.2 Å². The zero-order valence-electron chi connectivity index (χ0n) is 21.3. The molecule has 0 N–H and O–H groups in total. The molecule has 5 nitrogen and oxygen atoms in total. The molecule has 0 aliphatic rings. The normalized spacial score (nSPS) is 11.5. The molecule has 0 spiro atoms.